The van der Waals surface area contributed by atoms with Crippen LogP contribution < -0.4 is 0 Å². The number of carbonyl (C=O) groups is 1. The molecule has 2 rings (SSSR count). The normalized spacial score (nSPS) is 32.2. The van der Waals surface area contributed by atoms with E-state index in [1.54, 1.807) is 4.90 Å². The van der Waals surface area contributed by atoms with E-state index < -0.39 is 15.1 Å². The van der Waals surface area contributed by atoms with Crippen molar-refractivity contribution in [1.29, 1.82) is 0 Å². The van der Waals surface area contributed by atoms with Gasteiger partial charge in [0.2, 0.25) is 5.91 Å². The SMILES string of the molecule is O=C(C1CCCCS1(=O)=O)N1CCCCC1CO. The number of carbonyl (C=O) groups excluding carboxylic acids is 1. The molecule has 104 valence electrons. The van der Waals surface area contributed by atoms with Gasteiger partial charge in [0.1, 0.15) is 5.25 Å². The van der Waals surface area contributed by atoms with Gasteiger partial charge in [-0.25, -0.2) is 8.42 Å². The average molecular weight is 275 g/mol. The first-order valence-electron chi connectivity index (χ1n) is 6.69. The molecule has 1 amide bonds. The largest absolute Gasteiger partial charge is 0.394 e. The van der Waals surface area contributed by atoms with Crippen LogP contribution in [0.5, 0.6) is 0 Å². The fraction of sp³-hybridized carbons (Fsp3) is 0.917. The Kier molecular flexibility index (Phi) is 4.27. The predicted molar refractivity (Wildman–Crippen MR) is 67.9 cm³/mol. The molecule has 2 heterocycles. The molecule has 2 aliphatic heterocycles. The topological polar surface area (TPSA) is 74.7 Å². The van der Waals surface area contributed by atoms with Crippen LogP contribution in [-0.4, -0.2) is 54.5 Å². The van der Waals surface area contributed by atoms with E-state index in [-0.39, 0.29) is 24.3 Å². The lowest BCUT2D eigenvalue weighted by molar-refractivity contribution is -0.135. The average Bonchev–Trinajstić information content (AvgIpc) is 2.37. The number of hydrogen-bond donors (Lipinski definition) is 1. The first-order chi connectivity index (χ1) is 8.56. The van der Waals surface area contributed by atoms with Gasteiger partial charge in [0.25, 0.3) is 0 Å². The number of piperidine rings is 1. The van der Waals surface area contributed by atoms with Crippen molar-refractivity contribution in [3.05, 3.63) is 0 Å². The Labute approximate surface area is 108 Å². The van der Waals surface area contributed by atoms with Crippen LogP contribution in [0.4, 0.5) is 0 Å². The van der Waals surface area contributed by atoms with Gasteiger partial charge >= 0.3 is 0 Å². The molecule has 1 N–H and O–H groups in total. The standard InChI is InChI=1S/C12H21NO4S/c14-9-10-5-1-3-7-13(10)12(15)11-6-2-4-8-18(11,16)17/h10-11,14H,1-9H2. The molecule has 0 saturated carbocycles. The number of nitrogens with zero attached hydrogens (tertiary/aromatic N) is 1. The van der Waals surface area contributed by atoms with Crippen molar-refractivity contribution >= 4 is 15.7 Å². The third kappa shape index (κ3) is 2.69. The lowest BCUT2D eigenvalue weighted by Crippen LogP contribution is -2.52. The van der Waals surface area contributed by atoms with E-state index in [0.717, 1.165) is 25.7 Å². The molecule has 6 heteroatoms. The number of amides is 1. The smallest absolute Gasteiger partial charge is 0.241 e. The summed E-state index contributed by atoms with van der Waals surface area (Å²) in [5.74, 6) is -0.158. The Bertz CT molecular complexity index is 406. The van der Waals surface area contributed by atoms with Gasteiger partial charge in [0, 0.05) is 6.54 Å². The summed E-state index contributed by atoms with van der Waals surface area (Å²) in [4.78, 5) is 14.0. The third-order valence-electron chi connectivity index (χ3n) is 3.98. The van der Waals surface area contributed by atoms with E-state index in [0.29, 0.717) is 19.4 Å². The van der Waals surface area contributed by atoms with Gasteiger partial charge in [-0.2, -0.15) is 0 Å². The second kappa shape index (κ2) is 5.57. The highest BCUT2D eigenvalue weighted by Gasteiger charge is 2.39. The second-order valence-electron chi connectivity index (χ2n) is 5.22. The summed E-state index contributed by atoms with van der Waals surface area (Å²) >= 11 is 0. The van der Waals surface area contributed by atoms with E-state index in [2.05, 4.69) is 0 Å². The van der Waals surface area contributed by atoms with Gasteiger partial charge in [-0.05, 0) is 32.1 Å². The van der Waals surface area contributed by atoms with E-state index in [9.17, 15) is 18.3 Å². The maximum Gasteiger partial charge on any atom is 0.241 e. The van der Waals surface area contributed by atoms with Gasteiger partial charge in [0.05, 0.1) is 18.4 Å². The number of likely N-dealkylation sites (tertiary alicyclic amines) is 1. The molecule has 2 unspecified atom stereocenters. The summed E-state index contributed by atoms with van der Waals surface area (Å²) < 4.78 is 23.9. The molecule has 0 aromatic rings. The Morgan fingerprint density at radius 1 is 1.17 bits per heavy atom. The molecule has 0 radical (unpaired) electrons. The zero-order valence-electron chi connectivity index (χ0n) is 10.5. The molecular formula is C12H21NO4S. The molecule has 2 atom stereocenters. The van der Waals surface area contributed by atoms with Crippen molar-refractivity contribution in [2.75, 3.05) is 18.9 Å². The maximum atomic E-state index is 12.4. The molecule has 2 saturated heterocycles. The minimum Gasteiger partial charge on any atom is -0.394 e. The van der Waals surface area contributed by atoms with Crippen molar-refractivity contribution in [3.63, 3.8) is 0 Å². The first-order valence-corrected chi connectivity index (χ1v) is 8.40. The fourth-order valence-electron chi connectivity index (χ4n) is 2.90. The molecule has 2 fully saturated rings. The second-order valence-corrected chi connectivity index (χ2v) is 7.52. The Morgan fingerprint density at radius 3 is 2.56 bits per heavy atom. The molecule has 0 aliphatic carbocycles. The summed E-state index contributed by atoms with van der Waals surface area (Å²) in [5.41, 5.74) is 0. The summed E-state index contributed by atoms with van der Waals surface area (Å²) in [6.07, 6.45) is 4.56. The van der Waals surface area contributed by atoms with E-state index in [1.807, 2.05) is 0 Å². The highest BCUT2D eigenvalue weighted by molar-refractivity contribution is 7.92. The third-order valence-corrected chi connectivity index (χ3v) is 6.14. The predicted octanol–water partition coefficient (Wildman–Crippen LogP) is 0.327. The Hall–Kier alpha value is -0.620. The fourth-order valence-corrected chi connectivity index (χ4v) is 4.76. The molecule has 0 aromatic heterocycles. The molecule has 0 spiro atoms. The lowest BCUT2D eigenvalue weighted by atomic mass is 10.0. The molecule has 5 nitrogen and oxygen atoms in total. The zero-order valence-corrected chi connectivity index (χ0v) is 11.4. The van der Waals surface area contributed by atoms with E-state index >= 15 is 0 Å². The lowest BCUT2D eigenvalue weighted by Gasteiger charge is -2.37. The van der Waals surface area contributed by atoms with Crippen LogP contribution in [0.3, 0.4) is 0 Å². The van der Waals surface area contributed by atoms with Gasteiger partial charge < -0.3 is 10.0 Å². The van der Waals surface area contributed by atoms with Crippen molar-refractivity contribution in [2.45, 2.75) is 49.8 Å². The van der Waals surface area contributed by atoms with Crippen LogP contribution in [0.15, 0.2) is 0 Å². The van der Waals surface area contributed by atoms with Crippen molar-refractivity contribution in [3.8, 4) is 0 Å². The summed E-state index contributed by atoms with van der Waals surface area (Å²) in [6.45, 7) is 0.509. The summed E-state index contributed by atoms with van der Waals surface area (Å²) in [6, 6.07) is -0.191. The Balaban J connectivity index is 2.14. The number of sulfone groups is 1. The van der Waals surface area contributed by atoms with Crippen LogP contribution in [0.25, 0.3) is 0 Å². The number of aliphatic hydroxyl groups is 1. The van der Waals surface area contributed by atoms with E-state index in [4.69, 9.17) is 0 Å². The first kappa shape index (κ1) is 13.8. The van der Waals surface area contributed by atoms with Crippen molar-refractivity contribution in [1.82, 2.24) is 4.90 Å². The molecule has 18 heavy (non-hydrogen) atoms. The van der Waals surface area contributed by atoms with Crippen LogP contribution in [-0.2, 0) is 14.6 Å². The van der Waals surface area contributed by atoms with E-state index in [1.165, 1.54) is 0 Å². The molecule has 0 aromatic carbocycles. The Morgan fingerprint density at radius 2 is 1.89 bits per heavy atom. The minimum absolute atomic E-state index is 0.0709. The van der Waals surface area contributed by atoms with Gasteiger partial charge in [0.15, 0.2) is 9.84 Å². The zero-order chi connectivity index (χ0) is 13.2. The van der Waals surface area contributed by atoms with Crippen LogP contribution in [0.1, 0.15) is 38.5 Å². The minimum atomic E-state index is -3.28. The van der Waals surface area contributed by atoms with Crippen molar-refractivity contribution in [2.24, 2.45) is 0 Å². The van der Waals surface area contributed by atoms with Gasteiger partial charge in [-0.3, -0.25) is 4.79 Å². The van der Waals surface area contributed by atoms with Crippen LogP contribution in [0, 0.1) is 0 Å². The van der Waals surface area contributed by atoms with Crippen molar-refractivity contribution < 1.29 is 18.3 Å². The molecular weight excluding hydrogens is 254 g/mol. The maximum absolute atomic E-state index is 12.4. The number of rotatable bonds is 2. The highest BCUT2D eigenvalue weighted by Crippen LogP contribution is 2.25. The highest BCUT2D eigenvalue weighted by atomic mass is 32.2. The monoisotopic (exact) mass is 275 g/mol. The van der Waals surface area contributed by atoms with Gasteiger partial charge in [-0.15, -0.1) is 0 Å². The number of aliphatic hydroxyl groups excluding tert-OH is 1. The number of hydrogen-bond acceptors (Lipinski definition) is 4. The molecule has 0 bridgehead atoms. The quantitative estimate of drug-likeness (QED) is 0.788. The van der Waals surface area contributed by atoms with Gasteiger partial charge in [-0.1, -0.05) is 6.42 Å². The van der Waals surface area contributed by atoms with Crippen LogP contribution >= 0.6 is 0 Å². The molecule has 2 aliphatic rings. The van der Waals surface area contributed by atoms with Crippen LogP contribution in [0.2, 0.25) is 0 Å². The summed E-state index contributed by atoms with van der Waals surface area (Å²) in [7, 11) is -3.28. The summed E-state index contributed by atoms with van der Waals surface area (Å²) in [5, 5.41) is 8.43.